The van der Waals surface area contributed by atoms with Crippen LogP contribution in [0.1, 0.15) is 12.8 Å². The van der Waals surface area contributed by atoms with Crippen LogP contribution in [0.15, 0.2) is 35.2 Å². The number of pyridine rings is 1. The van der Waals surface area contributed by atoms with Gasteiger partial charge in [-0.15, -0.1) is 0 Å². The number of sulfonamides is 1. The van der Waals surface area contributed by atoms with Gasteiger partial charge in [0, 0.05) is 19.1 Å². The maximum absolute atomic E-state index is 13.8. The summed E-state index contributed by atoms with van der Waals surface area (Å²) in [4.78, 5) is 3.78. The van der Waals surface area contributed by atoms with Gasteiger partial charge in [0.15, 0.2) is 0 Å². The molecule has 1 aliphatic rings. The lowest BCUT2D eigenvalue weighted by Gasteiger charge is -2.34. The van der Waals surface area contributed by atoms with Crippen molar-refractivity contribution in [3.05, 3.63) is 53.9 Å². The second kappa shape index (κ2) is 7.20. The number of halogens is 4. The summed E-state index contributed by atoms with van der Waals surface area (Å²) in [5.74, 6) is -6.56. The van der Waals surface area contributed by atoms with E-state index in [2.05, 4.69) is 9.71 Å². The molecule has 1 aromatic heterocycles. The number of piperidine rings is 1. The number of aromatic nitrogens is 1. The third kappa shape index (κ3) is 3.65. The van der Waals surface area contributed by atoms with Crippen molar-refractivity contribution in [3.63, 3.8) is 0 Å². The van der Waals surface area contributed by atoms with E-state index in [1.807, 2.05) is 0 Å². The molecule has 1 fully saturated rings. The average molecular weight is 389 g/mol. The second-order valence-electron chi connectivity index (χ2n) is 5.87. The van der Waals surface area contributed by atoms with Crippen molar-refractivity contribution in [1.29, 1.82) is 0 Å². The van der Waals surface area contributed by atoms with Crippen LogP contribution in [0.3, 0.4) is 0 Å². The zero-order valence-corrected chi connectivity index (χ0v) is 14.2. The van der Waals surface area contributed by atoms with Gasteiger partial charge in [0.25, 0.3) is 11.9 Å². The van der Waals surface area contributed by atoms with Crippen molar-refractivity contribution in [2.45, 2.75) is 23.8 Å². The van der Waals surface area contributed by atoms with E-state index in [-0.39, 0.29) is 30.8 Å². The van der Waals surface area contributed by atoms with E-state index in [1.165, 1.54) is 12.1 Å². The first-order chi connectivity index (χ1) is 12.3. The fourth-order valence-electron chi connectivity index (χ4n) is 2.86. The van der Waals surface area contributed by atoms with Crippen LogP contribution in [0.4, 0.5) is 23.2 Å². The molecule has 5 nitrogen and oxygen atoms in total. The minimum absolute atomic E-state index is 0.0265. The molecule has 140 valence electrons. The average Bonchev–Trinajstić information content (AvgIpc) is 2.62. The molecule has 0 bridgehead atoms. The summed E-state index contributed by atoms with van der Waals surface area (Å²) in [6, 6.07) is 7.31. The zero-order valence-electron chi connectivity index (χ0n) is 13.4. The summed E-state index contributed by atoms with van der Waals surface area (Å²) in [6.45, 7) is 0.0530. The maximum atomic E-state index is 13.8. The molecule has 0 radical (unpaired) electrons. The number of anilines is 1. The van der Waals surface area contributed by atoms with Gasteiger partial charge < -0.3 is 4.90 Å². The number of rotatable bonds is 4. The molecule has 2 aromatic rings. The summed E-state index contributed by atoms with van der Waals surface area (Å²) in [7, 11) is -3.72. The van der Waals surface area contributed by atoms with Crippen LogP contribution in [-0.4, -0.2) is 32.5 Å². The van der Waals surface area contributed by atoms with Gasteiger partial charge in [0.05, 0.1) is 4.90 Å². The lowest BCUT2D eigenvalue weighted by atomic mass is 10.1. The zero-order chi connectivity index (χ0) is 18.9. The Balaban J connectivity index is 1.71. The predicted octanol–water partition coefficient (Wildman–Crippen LogP) is 2.59. The Bertz CT molecular complexity index is 875. The first-order valence-corrected chi connectivity index (χ1v) is 9.30. The van der Waals surface area contributed by atoms with Gasteiger partial charge in [0.2, 0.25) is 21.7 Å². The Hall–Kier alpha value is -2.20. The van der Waals surface area contributed by atoms with Gasteiger partial charge in [-0.3, -0.25) is 0 Å². The molecule has 3 rings (SSSR count). The van der Waals surface area contributed by atoms with Crippen LogP contribution in [-0.2, 0) is 10.0 Å². The molecule has 0 spiro atoms. The van der Waals surface area contributed by atoms with Gasteiger partial charge in [-0.1, -0.05) is 18.2 Å². The number of hydrogen-bond donors (Lipinski definition) is 1. The number of hydrogen-bond acceptors (Lipinski definition) is 4. The lowest BCUT2D eigenvalue weighted by Crippen LogP contribution is -2.45. The van der Waals surface area contributed by atoms with E-state index in [1.54, 1.807) is 18.2 Å². The topological polar surface area (TPSA) is 62.3 Å². The van der Waals surface area contributed by atoms with Crippen molar-refractivity contribution in [2.75, 3.05) is 18.0 Å². The van der Waals surface area contributed by atoms with Crippen molar-refractivity contribution in [1.82, 2.24) is 9.71 Å². The smallest absolute Gasteiger partial charge is 0.253 e. The van der Waals surface area contributed by atoms with Crippen LogP contribution >= 0.6 is 0 Å². The van der Waals surface area contributed by atoms with Crippen molar-refractivity contribution in [2.24, 2.45) is 0 Å². The van der Waals surface area contributed by atoms with Crippen molar-refractivity contribution in [3.8, 4) is 0 Å². The first-order valence-electron chi connectivity index (χ1n) is 7.82. The third-order valence-corrected chi connectivity index (χ3v) is 5.70. The summed E-state index contributed by atoms with van der Waals surface area (Å²) in [5.41, 5.74) is -0.820. The first kappa shape index (κ1) is 18.6. The molecule has 0 saturated carbocycles. The van der Waals surface area contributed by atoms with Crippen LogP contribution in [0.2, 0.25) is 0 Å². The van der Waals surface area contributed by atoms with Gasteiger partial charge >= 0.3 is 0 Å². The maximum Gasteiger partial charge on any atom is 0.253 e. The molecule has 0 unspecified atom stereocenters. The molecule has 0 aliphatic carbocycles. The van der Waals surface area contributed by atoms with E-state index in [0.717, 1.165) is 4.90 Å². The molecule has 26 heavy (non-hydrogen) atoms. The molecule has 10 heteroatoms. The fourth-order valence-corrected chi connectivity index (χ4v) is 4.19. The molecule has 1 aromatic carbocycles. The molecular formula is C16H15F4N3O2S. The number of nitrogens with one attached hydrogen (secondary N) is 1. The lowest BCUT2D eigenvalue weighted by molar-refractivity contribution is 0.396. The highest BCUT2D eigenvalue weighted by Gasteiger charge is 2.30. The highest BCUT2D eigenvalue weighted by molar-refractivity contribution is 7.89. The normalized spacial score (nSPS) is 16.1. The van der Waals surface area contributed by atoms with Crippen LogP contribution in [0.25, 0.3) is 0 Å². The summed E-state index contributed by atoms with van der Waals surface area (Å²) in [6.07, 6.45) is 0.438. The SMILES string of the molecule is O=S(=O)(NC1CCN(c2c(F)c(F)nc(F)c2F)CC1)c1ccccc1. The van der Waals surface area contributed by atoms with E-state index in [0.29, 0.717) is 0 Å². The molecule has 0 amide bonds. The number of nitrogens with zero attached hydrogens (tertiary/aromatic N) is 2. The molecule has 0 atom stereocenters. The molecule has 1 aliphatic heterocycles. The van der Waals surface area contributed by atoms with Gasteiger partial charge in [0.1, 0.15) is 5.69 Å². The van der Waals surface area contributed by atoms with E-state index < -0.39 is 45.3 Å². The Morgan fingerprint density at radius 3 is 2.04 bits per heavy atom. The van der Waals surface area contributed by atoms with E-state index >= 15 is 0 Å². The van der Waals surface area contributed by atoms with Crippen LogP contribution < -0.4 is 9.62 Å². The Kier molecular flexibility index (Phi) is 5.15. The minimum Gasteiger partial charge on any atom is -0.366 e. The van der Waals surface area contributed by atoms with E-state index in [4.69, 9.17) is 0 Å². The Labute approximate surface area is 147 Å². The van der Waals surface area contributed by atoms with Crippen molar-refractivity contribution >= 4 is 15.7 Å². The quantitative estimate of drug-likeness (QED) is 0.645. The largest absolute Gasteiger partial charge is 0.366 e. The van der Waals surface area contributed by atoms with Gasteiger partial charge in [-0.05, 0) is 25.0 Å². The molecule has 2 heterocycles. The van der Waals surface area contributed by atoms with E-state index in [9.17, 15) is 26.0 Å². The fraction of sp³-hybridized carbons (Fsp3) is 0.312. The second-order valence-corrected chi connectivity index (χ2v) is 7.58. The molecule has 1 saturated heterocycles. The molecular weight excluding hydrogens is 374 g/mol. The minimum atomic E-state index is -3.72. The van der Waals surface area contributed by atoms with Crippen LogP contribution in [0.5, 0.6) is 0 Å². The third-order valence-electron chi connectivity index (χ3n) is 4.16. The summed E-state index contributed by atoms with van der Waals surface area (Å²) in [5, 5.41) is 0. The highest BCUT2D eigenvalue weighted by Crippen LogP contribution is 2.29. The molecule has 1 N–H and O–H groups in total. The van der Waals surface area contributed by atoms with Crippen molar-refractivity contribution < 1.29 is 26.0 Å². The van der Waals surface area contributed by atoms with Gasteiger partial charge in [-0.2, -0.15) is 22.5 Å². The van der Waals surface area contributed by atoms with Crippen LogP contribution in [0, 0.1) is 23.5 Å². The monoisotopic (exact) mass is 389 g/mol. The Morgan fingerprint density at radius 2 is 1.50 bits per heavy atom. The standard InChI is InChI=1S/C16H15F4N3O2S/c17-12-14(13(18)16(20)21-15(12)19)23-8-6-10(7-9-23)22-26(24,25)11-4-2-1-3-5-11/h1-5,10,22H,6-9H2. The summed E-state index contributed by atoms with van der Waals surface area (Å²) < 4.78 is 81.3. The number of benzene rings is 1. The summed E-state index contributed by atoms with van der Waals surface area (Å²) >= 11 is 0. The highest BCUT2D eigenvalue weighted by atomic mass is 32.2. The Morgan fingerprint density at radius 1 is 0.962 bits per heavy atom. The van der Waals surface area contributed by atoms with Gasteiger partial charge in [-0.25, -0.2) is 13.1 Å². The predicted molar refractivity (Wildman–Crippen MR) is 86.1 cm³/mol.